The SMILES string of the molecule is CC(C)(N)C(=O)NCc1ccc(Br)o1. The number of amides is 1. The molecule has 0 saturated carbocycles. The molecule has 0 bridgehead atoms. The molecule has 1 heterocycles. The zero-order valence-corrected chi connectivity index (χ0v) is 9.72. The van der Waals surface area contributed by atoms with Gasteiger partial charge in [0.05, 0.1) is 12.1 Å². The summed E-state index contributed by atoms with van der Waals surface area (Å²) in [5.41, 5.74) is 4.74. The second-order valence-corrected chi connectivity index (χ2v) is 4.39. The van der Waals surface area contributed by atoms with Gasteiger partial charge < -0.3 is 15.5 Å². The highest BCUT2D eigenvalue weighted by molar-refractivity contribution is 9.10. The lowest BCUT2D eigenvalue weighted by Crippen LogP contribution is -2.48. The maximum Gasteiger partial charge on any atom is 0.239 e. The highest BCUT2D eigenvalue weighted by atomic mass is 79.9. The lowest BCUT2D eigenvalue weighted by molar-refractivity contribution is -0.125. The van der Waals surface area contributed by atoms with Gasteiger partial charge in [-0.15, -0.1) is 0 Å². The van der Waals surface area contributed by atoms with Gasteiger partial charge in [-0.05, 0) is 41.9 Å². The number of rotatable bonds is 3. The molecule has 0 aromatic carbocycles. The molecule has 1 aromatic rings. The van der Waals surface area contributed by atoms with Crippen molar-refractivity contribution in [2.24, 2.45) is 5.73 Å². The first-order chi connectivity index (χ1) is 6.39. The zero-order valence-electron chi connectivity index (χ0n) is 8.13. The number of hydrogen-bond acceptors (Lipinski definition) is 3. The molecule has 1 aromatic heterocycles. The molecule has 0 aliphatic heterocycles. The summed E-state index contributed by atoms with van der Waals surface area (Å²) in [6, 6.07) is 3.56. The molecule has 0 atom stereocenters. The minimum absolute atomic E-state index is 0.204. The summed E-state index contributed by atoms with van der Waals surface area (Å²) in [6.07, 6.45) is 0. The van der Waals surface area contributed by atoms with Gasteiger partial charge in [-0.2, -0.15) is 0 Å². The first kappa shape index (κ1) is 11.3. The molecule has 0 radical (unpaired) electrons. The van der Waals surface area contributed by atoms with Gasteiger partial charge >= 0.3 is 0 Å². The molecule has 3 N–H and O–H groups in total. The van der Waals surface area contributed by atoms with Gasteiger partial charge in [-0.25, -0.2) is 0 Å². The monoisotopic (exact) mass is 260 g/mol. The molecule has 1 rings (SSSR count). The topological polar surface area (TPSA) is 68.3 Å². The van der Waals surface area contributed by atoms with Crippen molar-refractivity contribution >= 4 is 21.8 Å². The van der Waals surface area contributed by atoms with E-state index in [2.05, 4.69) is 21.2 Å². The molecule has 0 aliphatic rings. The van der Waals surface area contributed by atoms with E-state index in [0.717, 1.165) is 0 Å². The third-order valence-corrected chi connectivity index (χ3v) is 2.06. The van der Waals surface area contributed by atoms with Crippen LogP contribution in [0.15, 0.2) is 21.2 Å². The van der Waals surface area contributed by atoms with Crippen LogP contribution in [0, 0.1) is 0 Å². The average Bonchev–Trinajstić information content (AvgIpc) is 2.45. The summed E-state index contributed by atoms with van der Waals surface area (Å²) in [5, 5.41) is 2.67. The van der Waals surface area contributed by atoms with Crippen molar-refractivity contribution in [2.45, 2.75) is 25.9 Å². The second kappa shape index (κ2) is 4.14. The molecule has 78 valence electrons. The van der Waals surface area contributed by atoms with Crippen molar-refractivity contribution in [2.75, 3.05) is 0 Å². The summed E-state index contributed by atoms with van der Waals surface area (Å²) in [7, 11) is 0. The van der Waals surface area contributed by atoms with E-state index in [9.17, 15) is 4.79 Å². The molecular formula is C9H13BrN2O2. The number of hydrogen-bond donors (Lipinski definition) is 2. The summed E-state index contributed by atoms with van der Waals surface area (Å²) in [5.74, 6) is 0.486. The number of carbonyl (C=O) groups is 1. The van der Waals surface area contributed by atoms with E-state index < -0.39 is 5.54 Å². The summed E-state index contributed by atoms with van der Waals surface area (Å²) >= 11 is 3.17. The van der Waals surface area contributed by atoms with Gasteiger partial charge in [0.15, 0.2) is 4.67 Å². The van der Waals surface area contributed by atoms with E-state index >= 15 is 0 Å². The zero-order chi connectivity index (χ0) is 10.8. The number of furan rings is 1. The van der Waals surface area contributed by atoms with Crippen LogP contribution >= 0.6 is 15.9 Å². The van der Waals surface area contributed by atoms with Crippen LogP contribution in [0.1, 0.15) is 19.6 Å². The van der Waals surface area contributed by atoms with Crippen LogP contribution < -0.4 is 11.1 Å². The lowest BCUT2D eigenvalue weighted by atomic mass is 10.1. The Kier molecular flexibility index (Phi) is 3.34. The highest BCUT2D eigenvalue weighted by Crippen LogP contribution is 2.13. The third-order valence-electron chi connectivity index (χ3n) is 1.64. The average molecular weight is 261 g/mol. The molecule has 1 amide bonds. The summed E-state index contributed by atoms with van der Waals surface area (Å²) in [6.45, 7) is 3.66. The fourth-order valence-electron chi connectivity index (χ4n) is 0.842. The molecule has 0 unspecified atom stereocenters. The Morgan fingerprint density at radius 2 is 2.29 bits per heavy atom. The van der Waals surface area contributed by atoms with E-state index in [4.69, 9.17) is 10.2 Å². The fourth-order valence-corrected chi connectivity index (χ4v) is 1.18. The van der Waals surface area contributed by atoms with E-state index in [1.807, 2.05) is 0 Å². The van der Waals surface area contributed by atoms with Gasteiger partial charge in [-0.1, -0.05) is 0 Å². The largest absolute Gasteiger partial charge is 0.452 e. The van der Waals surface area contributed by atoms with Crippen LogP contribution in [-0.4, -0.2) is 11.4 Å². The van der Waals surface area contributed by atoms with E-state index in [1.165, 1.54) is 0 Å². The molecule has 0 aliphatic carbocycles. The second-order valence-electron chi connectivity index (χ2n) is 3.61. The molecular weight excluding hydrogens is 248 g/mol. The van der Waals surface area contributed by atoms with Crippen LogP contribution in [0.4, 0.5) is 0 Å². The first-order valence-electron chi connectivity index (χ1n) is 4.21. The van der Waals surface area contributed by atoms with Crippen molar-refractivity contribution in [1.82, 2.24) is 5.32 Å². The van der Waals surface area contributed by atoms with Crippen LogP contribution in [0.5, 0.6) is 0 Å². The summed E-state index contributed by atoms with van der Waals surface area (Å²) < 4.78 is 5.85. The number of nitrogens with one attached hydrogen (secondary N) is 1. The summed E-state index contributed by atoms with van der Waals surface area (Å²) in [4.78, 5) is 11.4. The van der Waals surface area contributed by atoms with Gasteiger partial charge in [0, 0.05) is 0 Å². The van der Waals surface area contributed by atoms with Crippen molar-refractivity contribution in [3.63, 3.8) is 0 Å². The molecule has 14 heavy (non-hydrogen) atoms. The highest BCUT2D eigenvalue weighted by Gasteiger charge is 2.21. The Hall–Kier alpha value is -0.810. The quantitative estimate of drug-likeness (QED) is 0.864. The third kappa shape index (κ3) is 3.16. The maximum atomic E-state index is 11.4. The Balaban J connectivity index is 2.46. The molecule has 0 fully saturated rings. The van der Waals surface area contributed by atoms with Crippen LogP contribution in [0.25, 0.3) is 0 Å². The predicted octanol–water partition coefficient (Wildman–Crippen LogP) is 1.40. The number of halogens is 1. The van der Waals surface area contributed by atoms with E-state index in [1.54, 1.807) is 26.0 Å². The smallest absolute Gasteiger partial charge is 0.239 e. The molecule has 4 nitrogen and oxygen atoms in total. The van der Waals surface area contributed by atoms with Crippen molar-refractivity contribution < 1.29 is 9.21 Å². The fraction of sp³-hybridized carbons (Fsp3) is 0.444. The van der Waals surface area contributed by atoms with E-state index in [0.29, 0.717) is 17.0 Å². The Labute approximate surface area is 91.0 Å². The van der Waals surface area contributed by atoms with Gasteiger partial charge in [0.2, 0.25) is 5.91 Å². The Morgan fingerprint density at radius 3 is 2.71 bits per heavy atom. The molecule has 5 heteroatoms. The van der Waals surface area contributed by atoms with Crippen molar-refractivity contribution in [1.29, 1.82) is 0 Å². The van der Waals surface area contributed by atoms with Gasteiger partial charge in [0.25, 0.3) is 0 Å². The standard InChI is InChI=1S/C9H13BrN2O2/c1-9(2,11)8(13)12-5-6-3-4-7(10)14-6/h3-4H,5,11H2,1-2H3,(H,12,13). The van der Waals surface area contributed by atoms with Gasteiger partial charge in [0.1, 0.15) is 5.76 Å². The molecule has 0 spiro atoms. The number of carbonyl (C=O) groups excluding carboxylic acids is 1. The minimum Gasteiger partial charge on any atom is -0.452 e. The van der Waals surface area contributed by atoms with Gasteiger partial charge in [-0.3, -0.25) is 4.79 Å². The van der Waals surface area contributed by atoms with Crippen molar-refractivity contribution in [3.8, 4) is 0 Å². The van der Waals surface area contributed by atoms with Crippen LogP contribution in [0.2, 0.25) is 0 Å². The van der Waals surface area contributed by atoms with Crippen molar-refractivity contribution in [3.05, 3.63) is 22.6 Å². The Bertz CT molecular complexity index is 328. The predicted molar refractivity (Wildman–Crippen MR) is 56.5 cm³/mol. The first-order valence-corrected chi connectivity index (χ1v) is 5.00. The van der Waals surface area contributed by atoms with Crippen LogP contribution in [0.3, 0.4) is 0 Å². The number of nitrogens with two attached hydrogens (primary N) is 1. The maximum absolute atomic E-state index is 11.4. The minimum atomic E-state index is -0.857. The Morgan fingerprint density at radius 1 is 1.64 bits per heavy atom. The molecule has 0 saturated heterocycles. The van der Waals surface area contributed by atoms with E-state index in [-0.39, 0.29) is 5.91 Å². The lowest BCUT2D eigenvalue weighted by Gasteiger charge is -2.16. The van der Waals surface area contributed by atoms with Crippen LogP contribution in [-0.2, 0) is 11.3 Å². The normalized spacial score (nSPS) is 11.4.